The van der Waals surface area contributed by atoms with Crippen molar-refractivity contribution in [2.45, 2.75) is 117 Å². The molecule has 2 aromatic carbocycles. The summed E-state index contributed by atoms with van der Waals surface area (Å²) in [6.07, 6.45) is 1.98. The van der Waals surface area contributed by atoms with Crippen molar-refractivity contribution >= 4 is 46.8 Å². The van der Waals surface area contributed by atoms with E-state index in [1.165, 1.54) is 0 Å². The number of morpholine rings is 1. The monoisotopic (exact) mass is 948 g/mol. The SMILES string of the molecule is CCC(C)(O[C@@H](C)C(=O)C(C)(CC)OCCN(Cc1cccc(OC)c1)C(=O)Nc1ccc(-c2cn[nH]c2)cc1)C(=O)CCC(=O)O[C@@H](CNC(C)(C)C)COc1nsnc1N1CCOCC1. The van der Waals surface area contributed by atoms with E-state index in [1.54, 1.807) is 52.1 Å². The summed E-state index contributed by atoms with van der Waals surface area (Å²) >= 11 is 1.04. The summed E-state index contributed by atoms with van der Waals surface area (Å²) in [6, 6.07) is 14.5. The summed E-state index contributed by atoms with van der Waals surface area (Å²) in [5, 5.41) is 13.1. The number of benzene rings is 2. The number of amides is 2. The van der Waals surface area contributed by atoms with Crippen molar-refractivity contribution in [3.05, 3.63) is 66.5 Å². The summed E-state index contributed by atoms with van der Waals surface area (Å²) < 4.78 is 44.1. The number of carbonyl (C=O) groups is 4. The maximum Gasteiger partial charge on any atom is 0.322 e. The number of nitrogens with one attached hydrogen (secondary N) is 3. The number of Topliss-reactive ketones (excluding diaryl/α,β-unsaturated/α-hetero) is 2. The van der Waals surface area contributed by atoms with Crippen molar-refractivity contribution in [3.63, 3.8) is 0 Å². The van der Waals surface area contributed by atoms with Crippen molar-refractivity contribution in [2.24, 2.45) is 0 Å². The normalized spacial score (nSPS) is 15.7. The van der Waals surface area contributed by atoms with Crippen LogP contribution < -0.4 is 25.0 Å². The predicted octanol–water partition coefficient (Wildman–Crippen LogP) is 6.86. The van der Waals surface area contributed by atoms with Crippen LogP contribution in [0, 0.1) is 0 Å². The third kappa shape index (κ3) is 15.5. The second-order valence-electron chi connectivity index (χ2n) is 17.9. The first-order chi connectivity index (χ1) is 32.0. The van der Waals surface area contributed by atoms with Crippen LogP contribution in [0.5, 0.6) is 11.6 Å². The van der Waals surface area contributed by atoms with Crippen molar-refractivity contribution in [2.75, 3.05) is 69.9 Å². The molecule has 0 spiro atoms. The molecule has 0 saturated carbocycles. The first-order valence-electron chi connectivity index (χ1n) is 22.9. The molecule has 2 aromatic heterocycles. The van der Waals surface area contributed by atoms with E-state index in [2.05, 4.69) is 29.6 Å². The molecule has 1 aliphatic heterocycles. The van der Waals surface area contributed by atoms with Gasteiger partial charge in [-0.1, -0.05) is 38.1 Å². The smallest absolute Gasteiger partial charge is 0.322 e. The number of ketones is 2. The molecule has 0 radical (unpaired) electrons. The van der Waals surface area contributed by atoms with E-state index in [-0.39, 0.29) is 68.7 Å². The predicted molar refractivity (Wildman–Crippen MR) is 256 cm³/mol. The van der Waals surface area contributed by atoms with Gasteiger partial charge in [0.2, 0.25) is 5.82 Å². The number of urea groups is 1. The molecular weight excluding hydrogens is 881 g/mol. The van der Waals surface area contributed by atoms with Gasteiger partial charge in [0, 0.05) is 62.1 Å². The van der Waals surface area contributed by atoms with Gasteiger partial charge in [-0.05, 0) is 89.8 Å². The number of esters is 1. The number of methoxy groups -OCH3 is 1. The third-order valence-electron chi connectivity index (χ3n) is 11.7. The highest BCUT2D eigenvalue weighted by molar-refractivity contribution is 6.99. The molecule has 2 amide bonds. The highest BCUT2D eigenvalue weighted by atomic mass is 32.1. The summed E-state index contributed by atoms with van der Waals surface area (Å²) in [5.74, 6) is 0.372. The average molecular weight is 949 g/mol. The van der Waals surface area contributed by atoms with Crippen LogP contribution in [0.4, 0.5) is 16.3 Å². The molecule has 1 fully saturated rings. The topological polar surface area (TPSA) is 209 Å². The molecule has 5 rings (SSSR count). The molecule has 0 bridgehead atoms. The zero-order valence-corrected chi connectivity index (χ0v) is 41.2. The van der Waals surface area contributed by atoms with Crippen LogP contribution in [0.1, 0.15) is 86.6 Å². The van der Waals surface area contributed by atoms with E-state index in [4.69, 9.17) is 28.4 Å². The van der Waals surface area contributed by atoms with Crippen LogP contribution in [0.3, 0.4) is 0 Å². The number of H-pyrrole nitrogens is 1. The van der Waals surface area contributed by atoms with Gasteiger partial charge in [0.25, 0.3) is 5.88 Å². The van der Waals surface area contributed by atoms with Gasteiger partial charge in [0.15, 0.2) is 11.6 Å². The molecule has 19 heteroatoms. The highest BCUT2D eigenvalue weighted by Gasteiger charge is 2.42. The Kier molecular flexibility index (Phi) is 19.2. The van der Waals surface area contributed by atoms with Gasteiger partial charge in [-0.3, -0.25) is 19.5 Å². The standard InChI is InChI=1S/C48H68N8O10S/c1-10-47(7,40(57)19-20-41(58)65-39(30-49-46(4,5)6)32-63-44-43(53-67-54-44)55-21-24-62-25-22-55)66-33(3)42(59)48(8,11-2)64-26-23-56(31-34-13-12-14-38(27-34)61-9)45(60)52-37-17-15-35(16-18-37)36-28-50-51-29-36/h12-18,27-29,33,39,49H,10-11,19-26,30-32H2,1-9H3,(H,50,51)(H,52,60)/t33-,39-,47?,48?/m0/s1. The second kappa shape index (κ2) is 24.5. The molecule has 1 aliphatic rings. The number of ether oxygens (including phenoxy) is 6. The Labute approximate surface area is 398 Å². The Morgan fingerprint density at radius 3 is 2.34 bits per heavy atom. The number of anilines is 2. The third-order valence-corrected chi connectivity index (χ3v) is 12.2. The van der Waals surface area contributed by atoms with Crippen molar-refractivity contribution in [3.8, 4) is 22.8 Å². The molecule has 18 nitrogen and oxygen atoms in total. The lowest BCUT2D eigenvalue weighted by atomic mass is 9.91. The van der Waals surface area contributed by atoms with Gasteiger partial charge in [-0.15, -0.1) is 4.37 Å². The number of rotatable bonds is 26. The van der Waals surface area contributed by atoms with Crippen LogP contribution in [0.15, 0.2) is 60.9 Å². The van der Waals surface area contributed by atoms with E-state index in [1.807, 2.05) is 81.1 Å². The molecule has 4 aromatic rings. The lowest BCUT2D eigenvalue weighted by molar-refractivity contribution is -0.171. The van der Waals surface area contributed by atoms with Crippen LogP contribution in [0.2, 0.25) is 0 Å². The molecule has 3 heterocycles. The zero-order chi connectivity index (χ0) is 48.6. The Bertz CT molecular complexity index is 2190. The number of aromatic amines is 1. The Balaban J connectivity index is 1.16. The molecule has 4 atom stereocenters. The fraction of sp³-hybridized carbons (Fsp3) is 0.562. The molecule has 67 heavy (non-hydrogen) atoms. The van der Waals surface area contributed by atoms with E-state index >= 15 is 0 Å². The minimum absolute atomic E-state index is 0.0228. The maximum atomic E-state index is 14.1. The molecule has 3 N–H and O–H groups in total. The second-order valence-corrected chi connectivity index (χ2v) is 18.4. The number of nitrogens with zero attached hydrogens (tertiary/aromatic N) is 5. The van der Waals surface area contributed by atoms with Crippen molar-refractivity contribution < 1.29 is 47.6 Å². The number of carbonyl (C=O) groups excluding carboxylic acids is 4. The van der Waals surface area contributed by atoms with Gasteiger partial charge < -0.3 is 48.9 Å². The molecule has 366 valence electrons. The minimum atomic E-state index is -1.38. The zero-order valence-electron chi connectivity index (χ0n) is 40.3. The number of hydrogen-bond donors (Lipinski definition) is 3. The van der Waals surface area contributed by atoms with Crippen LogP contribution in [-0.4, -0.2) is 136 Å². The molecular formula is C48H68N8O10S. The van der Waals surface area contributed by atoms with E-state index in [0.29, 0.717) is 62.4 Å². The maximum absolute atomic E-state index is 14.1. The lowest BCUT2D eigenvalue weighted by Gasteiger charge is -2.35. The fourth-order valence-corrected chi connectivity index (χ4v) is 7.76. The number of hydrogen-bond acceptors (Lipinski definition) is 16. The van der Waals surface area contributed by atoms with E-state index < -0.39 is 29.4 Å². The highest BCUT2D eigenvalue weighted by Crippen LogP contribution is 2.29. The summed E-state index contributed by atoms with van der Waals surface area (Å²) in [7, 11) is 1.58. The average Bonchev–Trinajstić information content (AvgIpc) is 4.05. The summed E-state index contributed by atoms with van der Waals surface area (Å²) in [6.45, 7) is 17.8. The van der Waals surface area contributed by atoms with Gasteiger partial charge in [-0.2, -0.15) is 9.47 Å². The van der Waals surface area contributed by atoms with Crippen LogP contribution >= 0.6 is 11.7 Å². The molecule has 1 saturated heterocycles. The Hall–Kier alpha value is -5.47. The van der Waals surface area contributed by atoms with Crippen molar-refractivity contribution in [1.82, 2.24) is 29.2 Å². The summed E-state index contributed by atoms with van der Waals surface area (Å²) in [5.41, 5.74) is 0.358. The van der Waals surface area contributed by atoms with E-state index in [0.717, 1.165) is 28.4 Å². The van der Waals surface area contributed by atoms with Gasteiger partial charge in [-0.25, -0.2) is 4.79 Å². The quantitative estimate of drug-likeness (QED) is 0.0549. The fourth-order valence-electron chi connectivity index (χ4n) is 7.24. The molecule has 2 unspecified atom stereocenters. The lowest BCUT2D eigenvalue weighted by Crippen LogP contribution is -2.50. The summed E-state index contributed by atoms with van der Waals surface area (Å²) in [4.78, 5) is 58.7. The van der Waals surface area contributed by atoms with Crippen LogP contribution in [-0.2, 0) is 39.9 Å². The van der Waals surface area contributed by atoms with E-state index in [9.17, 15) is 19.2 Å². The molecule has 0 aliphatic carbocycles. The Morgan fingerprint density at radius 2 is 1.69 bits per heavy atom. The number of aromatic nitrogens is 4. The largest absolute Gasteiger partial charge is 0.497 e. The van der Waals surface area contributed by atoms with Gasteiger partial charge in [0.05, 0.1) is 51.3 Å². The first-order valence-corrected chi connectivity index (χ1v) is 23.6. The Morgan fingerprint density at radius 1 is 0.955 bits per heavy atom. The van der Waals surface area contributed by atoms with Crippen LogP contribution in [0.25, 0.3) is 11.1 Å². The minimum Gasteiger partial charge on any atom is -0.497 e. The van der Waals surface area contributed by atoms with Gasteiger partial charge >= 0.3 is 12.0 Å². The van der Waals surface area contributed by atoms with Crippen molar-refractivity contribution in [1.29, 1.82) is 0 Å². The van der Waals surface area contributed by atoms with Gasteiger partial charge in [0.1, 0.15) is 35.8 Å². The first kappa shape index (κ1) is 52.5.